The standard InChI is InChI=1S/C21H24ClN2O/c1-14-8-9-19-16(12-14)17-13-24(2,3)11-10-20(17)23(19)21(25)15-6-4-5-7-18(15)22/h4-9,12,17,20H,10-11,13H2,1-3H3/q+1/t17-,20+/m1/s1. The third kappa shape index (κ3) is 2.76. The van der Waals surface area contributed by atoms with Gasteiger partial charge in [-0.3, -0.25) is 4.79 Å². The molecule has 1 amide bonds. The minimum atomic E-state index is 0.0235. The van der Waals surface area contributed by atoms with Gasteiger partial charge in [0.05, 0.1) is 49.7 Å². The molecule has 2 aliphatic heterocycles. The first kappa shape index (κ1) is 16.6. The summed E-state index contributed by atoms with van der Waals surface area (Å²) in [6.07, 6.45) is 1.02. The molecule has 0 unspecified atom stereocenters. The van der Waals surface area contributed by atoms with Crippen molar-refractivity contribution in [2.45, 2.75) is 25.3 Å². The molecule has 2 heterocycles. The molecule has 1 fully saturated rings. The summed E-state index contributed by atoms with van der Waals surface area (Å²) in [5.74, 6) is 0.417. The monoisotopic (exact) mass is 355 g/mol. The third-order valence-electron chi connectivity index (χ3n) is 5.68. The van der Waals surface area contributed by atoms with Crippen LogP contribution >= 0.6 is 11.6 Å². The summed E-state index contributed by atoms with van der Waals surface area (Å²) in [4.78, 5) is 15.4. The second kappa shape index (κ2) is 5.86. The molecule has 0 spiro atoms. The molecule has 0 aromatic heterocycles. The molecule has 2 aliphatic rings. The molecule has 2 aromatic rings. The summed E-state index contributed by atoms with van der Waals surface area (Å²) in [5.41, 5.74) is 4.22. The number of rotatable bonds is 1. The zero-order valence-corrected chi connectivity index (χ0v) is 15.8. The number of quaternary nitrogens is 1. The largest absolute Gasteiger partial charge is 0.328 e. The summed E-state index contributed by atoms with van der Waals surface area (Å²) < 4.78 is 1.00. The zero-order chi connectivity index (χ0) is 17.8. The van der Waals surface area contributed by atoms with Crippen molar-refractivity contribution in [3.05, 3.63) is 64.2 Å². The van der Waals surface area contributed by atoms with Gasteiger partial charge in [-0.15, -0.1) is 0 Å². The van der Waals surface area contributed by atoms with E-state index in [0.717, 1.165) is 29.7 Å². The second-order valence-corrected chi connectivity index (χ2v) is 8.43. The SMILES string of the molecule is Cc1ccc2c(c1)[C@H]1C[N+](C)(C)CC[C@@H]1N2C(=O)c1ccccc1Cl. The smallest absolute Gasteiger partial charge is 0.260 e. The Bertz CT molecular complexity index is 846. The molecule has 4 heteroatoms. The number of fused-ring (bicyclic) bond motifs is 3. The van der Waals surface area contributed by atoms with E-state index >= 15 is 0 Å². The first-order chi connectivity index (χ1) is 11.9. The predicted molar refractivity (Wildman–Crippen MR) is 102 cm³/mol. The van der Waals surface area contributed by atoms with Crippen LogP contribution in [0.25, 0.3) is 0 Å². The molecule has 25 heavy (non-hydrogen) atoms. The number of halogens is 1. The van der Waals surface area contributed by atoms with E-state index in [0.29, 0.717) is 16.5 Å². The number of likely N-dealkylation sites (tertiary alicyclic amines) is 1. The average Bonchev–Trinajstić information content (AvgIpc) is 2.86. The molecule has 0 saturated carbocycles. The van der Waals surface area contributed by atoms with Crippen LogP contribution in [0.4, 0.5) is 5.69 Å². The Hall–Kier alpha value is -1.84. The molecule has 0 aliphatic carbocycles. The number of piperidine rings is 1. The Morgan fingerprint density at radius 1 is 1.20 bits per heavy atom. The summed E-state index contributed by atoms with van der Waals surface area (Å²) in [6, 6.07) is 14.1. The van der Waals surface area contributed by atoms with Crippen molar-refractivity contribution in [1.29, 1.82) is 0 Å². The Morgan fingerprint density at radius 2 is 1.96 bits per heavy atom. The van der Waals surface area contributed by atoms with E-state index in [-0.39, 0.29) is 11.9 Å². The quantitative estimate of drug-likeness (QED) is 0.700. The topological polar surface area (TPSA) is 20.3 Å². The van der Waals surface area contributed by atoms with Gasteiger partial charge in [-0.05, 0) is 30.7 Å². The maximum atomic E-state index is 13.4. The Labute approximate surface area is 154 Å². The van der Waals surface area contributed by atoms with Gasteiger partial charge >= 0.3 is 0 Å². The lowest BCUT2D eigenvalue weighted by Crippen LogP contribution is -2.54. The number of likely N-dealkylation sites (N-methyl/N-ethyl adjacent to an activating group) is 1. The summed E-state index contributed by atoms with van der Waals surface area (Å²) in [7, 11) is 4.56. The normalized spacial score (nSPS) is 23.9. The van der Waals surface area contributed by atoms with Crippen LogP contribution in [0, 0.1) is 6.92 Å². The minimum absolute atomic E-state index is 0.0235. The number of carbonyl (C=O) groups is 1. The van der Waals surface area contributed by atoms with Crippen LogP contribution in [0.3, 0.4) is 0 Å². The van der Waals surface area contributed by atoms with Gasteiger partial charge in [-0.25, -0.2) is 0 Å². The predicted octanol–water partition coefficient (Wildman–Crippen LogP) is 4.24. The molecule has 2 aromatic carbocycles. The van der Waals surface area contributed by atoms with Crippen molar-refractivity contribution in [2.24, 2.45) is 0 Å². The number of carbonyl (C=O) groups excluding carboxylic acids is 1. The van der Waals surface area contributed by atoms with Gasteiger partial charge < -0.3 is 9.38 Å². The van der Waals surface area contributed by atoms with Gasteiger partial charge in [0, 0.05) is 12.1 Å². The lowest BCUT2D eigenvalue weighted by molar-refractivity contribution is -0.896. The molecule has 0 N–H and O–H groups in total. The van der Waals surface area contributed by atoms with E-state index < -0.39 is 0 Å². The molecule has 2 atom stereocenters. The number of hydrogen-bond donors (Lipinski definition) is 0. The maximum absolute atomic E-state index is 13.4. The highest BCUT2D eigenvalue weighted by Gasteiger charge is 2.48. The number of hydrogen-bond acceptors (Lipinski definition) is 1. The lowest BCUT2D eigenvalue weighted by atomic mass is 9.87. The van der Waals surface area contributed by atoms with Gasteiger partial charge in [0.25, 0.3) is 5.91 Å². The fourth-order valence-electron chi connectivity index (χ4n) is 4.44. The highest BCUT2D eigenvalue weighted by molar-refractivity contribution is 6.34. The average molecular weight is 356 g/mol. The number of amides is 1. The van der Waals surface area contributed by atoms with Crippen LogP contribution in [0.2, 0.25) is 5.02 Å². The van der Waals surface area contributed by atoms with E-state index in [2.05, 4.69) is 39.2 Å². The number of anilines is 1. The van der Waals surface area contributed by atoms with Crippen LogP contribution in [0.1, 0.15) is 33.8 Å². The summed E-state index contributed by atoms with van der Waals surface area (Å²) >= 11 is 6.32. The van der Waals surface area contributed by atoms with Crippen LogP contribution < -0.4 is 4.90 Å². The molecule has 130 valence electrons. The lowest BCUT2D eigenvalue weighted by Gasteiger charge is -2.41. The first-order valence-electron chi connectivity index (χ1n) is 8.88. The van der Waals surface area contributed by atoms with E-state index in [9.17, 15) is 4.79 Å². The van der Waals surface area contributed by atoms with Gasteiger partial charge in [-0.2, -0.15) is 0 Å². The fourth-order valence-corrected chi connectivity index (χ4v) is 4.65. The van der Waals surface area contributed by atoms with Crippen molar-refractivity contribution in [1.82, 2.24) is 0 Å². The van der Waals surface area contributed by atoms with E-state index in [1.165, 1.54) is 11.1 Å². The minimum Gasteiger partial charge on any atom is -0.328 e. The van der Waals surface area contributed by atoms with Gasteiger partial charge in [0.2, 0.25) is 0 Å². The van der Waals surface area contributed by atoms with Crippen LogP contribution in [-0.4, -0.2) is 43.6 Å². The maximum Gasteiger partial charge on any atom is 0.260 e. The Kier molecular flexibility index (Phi) is 3.89. The van der Waals surface area contributed by atoms with Crippen molar-refractivity contribution in [3.8, 4) is 0 Å². The van der Waals surface area contributed by atoms with Crippen LogP contribution in [0.5, 0.6) is 0 Å². The first-order valence-corrected chi connectivity index (χ1v) is 9.26. The third-order valence-corrected chi connectivity index (χ3v) is 6.01. The molecular formula is C21H24ClN2O+. The van der Waals surface area contributed by atoms with E-state index in [1.54, 1.807) is 6.07 Å². The fraction of sp³-hybridized carbons (Fsp3) is 0.381. The molecule has 4 rings (SSSR count). The summed E-state index contributed by atoms with van der Waals surface area (Å²) in [5, 5.41) is 0.525. The molecule has 0 bridgehead atoms. The Balaban J connectivity index is 1.81. The number of benzene rings is 2. The van der Waals surface area contributed by atoms with Crippen molar-refractivity contribution in [3.63, 3.8) is 0 Å². The number of nitrogens with zero attached hydrogens (tertiary/aromatic N) is 2. The van der Waals surface area contributed by atoms with Crippen molar-refractivity contribution in [2.75, 3.05) is 32.1 Å². The highest BCUT2D eigenvalue weighted by atomic mass is 35.5. The zero-order valence-electron chi connectivity index (χ0n) is 15.0. The van der Waals surface area contributed by atoms with E-state index in [4.69, 9.17) is 11.6 Å². The molecule has 0 radical (unpaired) electrons. The van der Waals surface area contributed by atoms with Gasteiger partial charge in [0.15, 0.2) is 0 Å². The number of aryl methyl sites for hydroxylation is 1. The van der Waals surface area contributed by atoms with Crippen molar-refractivity contribution < 1.29 is 9.28 Å². The van der Waals surface area contributed by atoms with Crippen molar-refractivity contribution >= 4 is 23.2 Å². The highest BCUT2D eigenvalue weighted by Crippen LogP contribution is 2.46. The second-order valence-electron chi connectivity index (χ2n) is 8.02. The van der Waals surface area contributed by atoms with Crippen LogP contribution in [0.15, 0.2) is 42.5 Å². The molecular weight excluding hydrogens is 332 g/mol. The summed E-state index contributed by atoms with van der Waals surface area (Å²) in [6.45, 7) is 4.27. The Morgan fingerprint density at radius 3 is 2.72 bits per heavy atom. The molecule has 3 nitrogen and oxygen atoms in total. The van der Waals surface area contributed by atoms with Gasteiger partial charge in [0.1, 0.15) is 0 Å². The molecule has 1 saturated heterocycles. The van der Waals surface area contributed by atoms with E-state index in [1.807, 2.05) is 23.1 Å². The van der Waals surface area contributed by atoms with Gasteiger partial charge in [-0.1, -0.05) is 41.4 Å². The van der Waals surface area contributed by atoms with Crippen LogP contribution in [-0.2, 0) is 0 Å².